The van der Waals surface area contributed by atoms with Gasteiger partial charge >= 0.3 is 0 Å². The first kappa shape index (κ1) is 31.7. The molecule has 3 aromatic carbocycles. The van der Waals surface area contributed by atoms with E-state index in [-0.39, 0.29) is 30.4 Å². The van der Waals surface area contributed by atoms with Crippen LogP contribution >= 0.6 is 0 Å². The smallest absolute Gasteiger partial charge is 0.264 e. The van der Waals surface area contributed by atoms with E-state index in [9.17, 15) is 19.2 Å². The van der Waals surface area contributed by atoms with E-state index in [4.69, 9.17) is 9.47 Å². The van der Waals surface area contributed by atoms with Crippen molar-refractivity contribution in [1.29, 1.82) is 0 Å². The van der Waals surface area contributed by atoms with E-state index in [1.54, 1.807) is 60.7 Å². The van der Waals surface area contributed by atoms with E-state index in [1.807, 2.05) is 12.1 Å². The largest absolute Gasteiger partial charge is 0.490 e. The lowest BCUT2D eigenvalue weighted by atomic mass is 10.1. The molecule has 0 aromatic heterocycles. The Morgan fingerprint density at radius 2 is 1.00 bits per heavy atom. The van der Waals surface area contributed by atoms with Gasteiger partial charge in [0.15, 0.2) is 18.2 Å². The minimum absolute atomic E-state index is 0.167. The summed E-state index contributed by atoms with van der Waals surface area (Å²) in [6.07, 6.45) is 12.5. The number of ether oxygens (including phenoxy) is 2. The Morgan fingerprint density at radius 1 is 0.533 bits per heavy atom. The van der Waals surface area contributed by atoms with Crippen molar-refractivity contribution in [1.82, 2.24) is 9.80 Å². The number of amides is 4. The molecular formula is C37H40N2O6. The van der Waals surface area contributed by atoms with Crippen LogP contribution in [0, 0.1) is 0 Å². The molecule has 4 amide bonds. The fraction of sp³-hybridized carbons (Fsp3) is 0.351. The third-order valence-electron chi connectivity index (χ3n) is 8.34. The third-order valence-corrected chi connectivity index (χ3v) is 8.34. The van der Waals surface area contributed by atoms with Crippen LogP contribution in [-0.4, -0.2) is 53.3 Å². The minimum Gasteiger partial charge on any atom is -0.490 e. The van der Waals surface area contributed by atoms with Crippen molar-refractivity contribution in [3.05, 3.63) is 101 Å². The van der Waals surface area contributed by atoms with Gasteiger partial charge in [-0.25, -0.2) is 4.90 Å². The lowest BCUT2D eigenvalue weighted by molar-refractivity contribution is 0.0515. The standard InChI is InChI=1S/C37H40N2O6/c1-2-27-21-22-32(45-26-39-36(42)30-19-13-14-20-31(30)37(39)43)33(25-27)44-24-16-10-8-6-4-3-5-7-9-15-23-38-34(40)28-17-11-12-18-29(28)35(38)41/h2,11-14,17-22,25H,1,3-10,15-16,23-24,26H2. The molecule has 0 bridgehead atoms. The summed E-state index contributed by atoms with van der Waals surface area (Å²) in [6.45, 7) is 4.67. The lowest BCUT2D eigenvalue weighted by Gasteiger charge is -2.18. The number of rotatable bonds is 18. The average Bonchev–Trinajstić information content (AvgIpc) is 3.46. The van der Waals surface area contributed by atoms with Gasteiger partial charge in [-0.1, -0.05) is 94.4 Å². The fourth-order valence-electron chi connectivity index (χ4n) is 5.78. The van der Waals surface area contributed by atoms with Crippen molar-refractivity contribution < 1.29 is 28.7 Å². The number of hydrogen-bond donors (Lipinski definition) is 0. The van der Waals surface area contributed by atoms with Gasteiger partial charge in [0.25, 0.3) is 23.6 Å². The number of imide groups is 2. The van der Waals surface area contributed by atoms with Gasteiger partial charge in [-0.05, 0) is 54.8 Å². The number of benzene rings is 3. The summed E-state index contributed by atoms with van der Waals surface area (Å²) in [5.41, 5.74) is 2.71. The first-order valence-corrected chi connectivity index (χ1v) is 15.9. The van der Waals surface area contributed by atoms with Gasteiger partial charge in [0, 0.05) is 6.54 Å². The monoisotopic (exact) mass is 608 g/mol. The van der Waals surface area contributed by atoms with Gasteiger partial charge in [0.2, 0.25) is 0 Å². The summed E-state index contributed by atoms with van der Waals surface area (Å²) < 4.78 is 11.9. The summed E-state index contributed by atoms with van der Waals surface area (Å²) in [5.74, 6) is -0.0206. The molecule has 0 spiro atoms. The molecule has 0 unspecified atom stereocenters. The molecule has 2 heterocycles. The quantitative estimate of drug-likeness (QED) is 0.109. The molecular weight excluding hydrogens is 568 g/mol. The highest BCUT2D eigenvalue weighted by Crippen LogP contribution is 2.31. The summed E-state index contributed by atoms with van der Waals surface area (Å²) in [6, 6.07) is 19.3. The molecule has 234 valence electrons. The number of unbranched alkanes of at least 4 members (excludes halogenated alkanes) is 9. The van der Waals surface area contributed by atoms with Crippen LogP contribution in [0.3, 0.4) is 0 Å². The SMILES string of the molecule is C=Cc1ccc(OCN2C(=O)c3ccccc3C2=O)c(OCCCCCCCCCCCCN2C(=O)c3ccccc3C2=O)c1. The van der Waals surface area contributed by atoms with Crippen molar-refractivity contribution in [3.63, 3.8) is 0 Å². The van der Waals surface area contributed by atoms with Crippen LogP contribution in [0.4, 0.5) is 0 Å². The molecule has 45 heavy (non-hydrogen) atoms. The number of nitrogens with zero attached hydrogens (tertiary/aromatic N) is 2. The molecule has 0 radical (unpaired) electrons. The second-order valence-electron chi connectivity index (χ2n) is 11.5. The Morgan fingerprint density at radius 3 is 1.51 bits per heavy atom. The predicted molar refractivity (Wildman–Crippen MR) is 172 cm³/mol. The second-order valence-corrected chi connectivity index (χ2v) is 11.5. The van der Waals surface area contributed by atoms with Crippen LogP contribution in [0.5, 0.6) is 11.5 Å². The zero-order valence-corrected chi connectivity index (χ0v) is 25.7. The summed E-state index contributed by atoms with van der Waals surface area (Å²) >= 11 is 0. The van der Waals surface area contributed by atoms with Gasteiger partial charge in [0.1, 0.15) is 0 Å². The molecule has 3 aromatic rings. The molecule has 0 fully saturated rings. The van der Waals surface area contributed by atoms with Crippen LogP contribution < -0.4 is 9.47 Å². The third kappa shape index (κ3) is 7.51. The van der Waals surface area contributed by atoms with Crippen molar-refractivity contribution in [2.45, 2.75) is 64.2 Å². The topological polar surface area (TPSA) is 93.2 Å². The summed E-state index contributed by atoms with van der Waals surface area (Å²) in [7, 11) is 0. The van der Waals surface area contributed by atoms with Gasteiger partial charge in [0.05, 0.1) is 28.9 Å². The van der Waals surface area contributed by atoms with Crippen LogP contribution in [0.15, 0.2) is 73.3 Å². The van der Waals surface area contributed by atoms with Crippen molar-refractivity contribution in [2.24, 2.45) is 0 Å². The van der Waals surface area contributed by atoms with E-state index >= 15 is 0 Å². The molecule has 0 aliphatic carbocycles. The number of carbonyl (C=O) groups is 4. The normalized spacial score (nSPS) is 13.8. The van der Waals surface area contributed by atoms with Gasteiger partial charge in [-0.3, -0.25) is 24.1 Å². The van der Waals surface area contributed by atoms with Gasteiger partial charge < -0.3 is 9.47 Å². The maximum Gasteiger partial charge on any atom is 0.264 e. The van der Waals surface area contributed by atoms with Crippen molar-refractivity contribution in [2.75, 3.05) is 19.9 Å². The number of carbonyl (C=O) groups excluding carboxylic acids is 4. The van der Waals surface area contributed by atoms with E-state index in [0.717, 1.165) is 55.4 Å². The molecule has 0 saturated heterocycles. The molecule has 8 nitrogen and oxygen atoms in total. The Hall–Kier alpha value is -4.72. The van der Waals surface area contributed by atoms with Crippen LogP contribution in [0.1, 0.15) is 111 Å². The maximum absolute atomic E-state index is 12.7. The fourth-order valence-corrected chi connectivity index (χ4v) is 5.78. The van der Waals surface area contributed by atoms with Crippen LogP contribution in [0.25, 0.3) is 6.08 Å². The predicted octanol–water partition coefficient (Wildman–Crippen LogP) is 7.54. The molecule has 0 N–H and O–H groups in total. The second kappa shape index (κ2) is 15.3. The average molecular weight is 609 g/mol. The molecule has 0 atom stereocenters. The summed E-state index contributed by atoms with van der Waals surface area (Å²) in [5, 5.41) is 0. The molecule has 8 heteroatoms. The van der Waals surface area contributed by atoms with Crippen LogP contribution in [0.2, 0.25) is 0 Å². The Kier molecular flexibility index (Phi) is 10.8. The first-order valence-electron chi connectivity index (χ1n) is 15.9. The van der Waals surface area contributed by atoms with Crippen molar-refractivity contribution >= 4 is 29.7 Å². The first-order chi connectivity index (χ1) is 22.0. The zero-order valence-electron chi connectivity index (χ0n) is 25.7. The Labute approximate surface area is 264 Å². The molecule has 2 aliphatic rings. The van der Waals surface area contributed by atoms with Crippen molar-refractivity contribution in [3.8, 4) is 11.5 Å². The molecule has 5 rings (SSSR count). The van der Waals surface area contributed by atoms with E-state index in [1.165, 1.54) is 24.2 Å². The zero-order chi connectivity index (χ0) is 31.6. The van der Waals surface area contributed by atoms with Gasteiger partial charge in [-0.2, -0.15) is 0 Å². The molecule has 2 aliphatic heterocycles. The van der Waals surface area contributed by atoms with Crippen LogP contribution in [-0.2, 0) is 0 Å². The molecule has 0 saturated carbocycles. The Bertz CT molecular complexity index is 1490. The van der Waals surface area contributed by atoms with E-state index in [2.05, 4.69) is 6.58 Å². The summed E-state index contributed by atoms with van der Waals surface area (Å²) in [4.78, 5) is 52.7. The minimum atomic E-state index is -0.361. The van der Waals surface area contributed by atoms with E-state index < -0.39 is 0 Å². The lowest BCUT2D eigenvalue weighted by Crippen LogP contribution is -2.33. The van der Waals surface area contributed by atoms with Gasteiger partial charge in [-0.15, -0.1) is 0 Å². The highest BCUT2D eigenvalue weighted by Gasteiger charge is 2.36. The highest BCUT2D eigenvalue weighted by atomic mass is 16.5. The highest BCUT2D eigenvalue weighted by molar-refractivity contribution is 6.22. The Balaban J connectivity index is 0.928. The van der Waals surface area contributed by atoms with E-state index in [0.29, 0.717) is 46.9 Å². The number of fused-ring (bicyclic) bond motifs is 2. The number of hydrogen-bond acceptors (Lipinski definition) is 6. The maximum atomic E-state index is 12.7.